The van der Waals surface area contributed by atoms with Gasteiger partial charge in [-0.25, -0.2) is 0 Å². The van der Waals surface area contributed by atoms with E-state index in [2.05, 4.69) is 11.5 Å². The third-order valence-corrected chi connectivity index (χ3v) is 0.464. The molecule has 6 N–H and O–H groups in total. The van der Waals surface area contributed by atoms with Gasteiger partial charge in [-0.05, 0) is 6.42 Å². The molecule has 0 aliphatic rings. The Hall–Kier alpha value is -1.26. The van der Waals surface area contributed by atoms with Crippen molar-refractivity contribution in [3.63, 3.8) is 0 Å². The molecule has 0 spiro atoms. The van der Waals surface area contributed by atoms with Crippen molar-refractivity contribution in [3.05, 3.63) is 0 Å². The van der Waals surface area contributed by atoms with Crippen LogP contribution in [-0.4, -0.2) is 17.0 Å². The Morgan fingerprint density at radius 2 is 1.90 bits per heavy atom. The lowest BCUT2D eigenvalue weighted by Crippen LogP contribution is -2.20. The summed E-state index contributed by atoms with van der Waals surface area (Å²) in [6.45, 7) is 1.84. The Morgan fingerprint density at radius 1 is 1.60 bits per heavy atom. The van der Waals surface area contributed by atoms with E-state index in [1.165, 1.54) is 0 Å². The average molecular weight is 147 g/mol. The summed E-state index contributed by atoms with van der Waals surface area (Å²) in [5.74, 6) is -1.04. The second-order valence-electron chi connectivity index (χ2n) is 1.60. The van der Waals surface area contributed by atoms with E-state index in [0.717, 1.165) is 6.42 Å². The fraction of sp³-hybridized carbons (Fsp3) is 0.600. The minimum atomic E-state index is -0.711. The Morgan fingerprint density at radius 3 is 1.90 bits per heavy atom. The predicted octanol–water partition coefficient (Wildman–Crippen LogP) is -0.290. The van der Waals surface area contributed by atoms with Gasteiger partial charge in [0.15, 0.2) is 5.96 Å². The fourth-order valence-corrected chi connectivity index (χ4v) is 0.214. The van der Waals surface area contributed by atoms with Crippen LogP contribution in [0.5, 0.6) is 0 Å². The van der Waals surface area contributed by atoms with Gasteiger partial charge in [-0.1, -0.05) is 6.92 Å². The quantitative estimate of drug-likeness (QED) is 0.317. The highest BCUT2D eigenvalue weighted by Gasteiger charge is 1.87. The third-order valence-electron chi connectivity index (χ3n) is 0.464. The molecule has 0 aliphatic carbocycles. The van der Waals surface area contributed by atoms with Gasteiger partial charge < -0.3 is 16.6 Å². The Balaban J connectivity index is 0. The fourth-order valence-electron chi connectivity index (χ4n) is 0.214. The first-order valence-electron chi connectivity index (χ1n) is 2.82. The molecule has 60 valence electrons. The highest BCUT2D eigenvalue weighted by molar-refractivity contribution is 5.71. The average Bonchev–Trinajstić information content (AvgIpc) is 1.62. The number of hydrogen-bond donors (Lipinski definition) is 4. The first-order chi connectivity index (χ1) is 4.50. The molecule has 0 fully saturated rings. The molecule has 0 unspecified atom stereocenters. The zero-order valence-corrected chi connectivity index (χ0v) is 5.92. The molecule has 0 aromatic carbocycles. The number of aliphatic carboxylic acids is 1. The molecule has 0 aromatic rings. The van der Waals surface area contributed by atoms with Gasteiger partial charge in [0.05, 0.1) is 0 Å². The molecule has 0 rings (SSSR count). The van der Waals surface area contributed by atoms with E-state index in [9.17, 15) is 4.79 Å². The minimum Gasteiger partial charge on any atom is -0.481 e. The lowest BCUT2D eigenvalue weighted by molar-refractivity contribution is -0.137. The van der Waals surface area contributed by atoms with Crippen LogP contribution in [0.1, 0.15) is 19.8 Å². The zero-order valence-electron chi connectivity index (χ0n) is 5.92. The van der Waals surface area contributed by atoms with Gasteiger partial charge in [-0.2, -0.15) is 0 Å². The van der Waals surface area contributed by atoms with E-state index in [1.807, 2.05) is 6.92 Å². The third kappa shape index (κ3) is 73.3. The van der Waals surface area contributed by atoms with E-state index >= 15 is 0 Å². The molecule has 0 radical (unpaired) electrons. The first kappa shape index (κ1) is 11.5. The molecule has 0 amide bonds. The zero-order chi connectivity index (χ0) is 8.57. The van der Waals surface area contributed by atoms with E-state index in [0.29, 0.717) is 6.42 Å². The SMILES string of the molecule is CCCC(=O)O.N=C(N)N. The van der Waals surface area contributed by atoms with Gasteiger partial charge in [-0.3, -0.25) is 10.2 Å². The standard InChI is InChI=1S/C4H8O2.CH5N3/c1-2-3-4(5)6;2-1(3)4/h2-3H2,1H3,(H,5,6);(H5,2,3,4). The van der Waals surface area contributed by atoms with Crippen LogP contribution in [0.4, 0.5) is 0 Å². The maximum Gasteiger partial charge on any atom is 0.303 e. The molecule has 10 heavy (non-hydrogen) atoms. The van der Waals surface area contributed by atoms with Crippen molar-refractivity contribution in [2.24, 2.45) is 11.5 Å². The Bertz CT molecular complexity index is 109. The van der Waals surface area contributed by atoms with Gasteiger partial charge in [0.1, 0.15) is 0 Å². The molecule has 5 nitrogen and oxygen atoms in total. The Kier molecular flexibility index (Phi) is 8.92. The molecule has 0 aromatic heterocycles. The van der Waals surface area contributed by atoms with Crippen LogP contribution >= 0.6 is 0 Å². The van der Waals surface area contributed by atoms with Gasteiger partial charge in [0.25, 0.3) is 0 Å². The maximum absolute atomic E-state index is 9.60. The van der Waals surface area contributed by atoms with E-state index in [-0.39, 0.29) is 5.96 Å². The molecule has 0 heterocycles. The van der Waals surface area contributed by atoms with Gasteiger partial charge in [0, 0.05) is 6.42 Å². The normalized spacial score (nSPS) is 7.30. The molecule has 0 bridgehead atoms. The van der Waals surface area contributed by atoms with Crippen LogP contribution in [0, 0.1) is 5.41 Å². The number of rotatable bonds is 2. The van der Waals surface area contributed by atoms with Crippen LogP contribution in [0.2, 0.25) is 0 Å². The molecule has 0 aliphatic heterocycles. The summed E-state index contributed by atoms with van der Waals surface area (Å²) >= 11 is 0. The molecule has 5 heteroatoms. The summed E-state index contributed by atoms with van der Waals surface area (Å²) < 4.78 is 0. The summed E-state index contributed by atoms with van der Waals surface area (Å²) in [5, 5.41) is 14.0. The number of hydrogen-bond acceptors (Lipinski definition) is 2. The van der Waals surface area contributed by atoms with Crippen molar-refractivity contribution >= 4 is 11.9 Å². The highest BCUT2D eigenvalue weighted by atomic mass is 16.4. The monoisotopic (exact) mass is 147 g/mol. The van der Waals surface area contributed by atoms with E-state index < -0.39 is 5.97 Å². The number of carbonyl (C=O) groups is 1. The van der Waals surface area contributed by atoms with Crippen molar-refractivity contribution in [1.82, 2.24) is 0 Å². The van der Waals surface area contributed by atoms with Crippen LogP contribution in [0.15, 0.2) is 0 Å². The largest absolute Gasteiger partial charge is 0.481 e. The van der Waals surface area contributed by atoms with Gasteiger partial charge >= 0.3 is 5.97 Å². The van der Waals surface area contributed by atoms with Crippen LogP contribution < -0.4 is 11.5 Å². The molecule has 0 atom stereocenters. The first-order valence-corrected chi connectivity index (χ1v) is 2.82. The summed E-state index contributed by atoms with van der Waals surface area (Å²) in [4.78, 5) is 9.60. The van der Waals surface area contributed by atoms with Gasteiger partial charge in [-0.15, -0.1) is 0 Å². The van der Waals surface area contributed by atoms with Crippen LogP contribution in [-0.2, 0) is 4.79 Å². The maximum atomic E-state index is 9.60. The second kappa shape index (κ2) is 7.74. The highest BCUT2D eigenvalue weighted by Crippen LogP contribution is 1.82. The molecular weight excluding hydrogens is 134 g/mol. The molecular formula is C5H13N3O2. The van der Waals surface area contributed by atoms with Crippen molar-refractivity contribution in [3.8, 4) is 0 Å². The summed E-state index contributed by atoms with van der Waals surface area (Å²) in [5.41, 5.74) is 8.94. The van der Waals surface area contributed by atoms with E-state index in [4.69, 9.17) is 10.5 Å². The summed E-state index contributed by atoms with van der Waals surface area (Å²) in [7, 11) is 0. The predicted molar refractivity (Wildman–Crippen MR) is 38.6 cm³/mol. The van der Waals surface area contributed by atoms with Crippen molar-refractivity contribution in [1.29, 1.82) is 5.41 Å². The summed E-state index contributed by atoms with van der Waals surface area (Å²) in [6, 6.07) is 0. The number of nitrogens with two attached hydrogens (primary N) is 2. The molecule has 0 saturated heterocycles. The van der Waals surface area contributed by atoms with Crippen molar-refractivity contribution in [2.45, 2.75) is 19.8 Å². The summed E-state index contributed by atoms with van der Waals surface area (Å²) in [6.07, 6.45) is 1.02. The molecule has 0 saturated carbocycles. The second-order valence-corrected chi connectivity index (χ2v) is 1.60. The topological polar surface area (TPSA) is 113 Å². The lowest BCUT2D eigenvalue weighted by atomic mass is 10.4. The van der Waals surface area contributed by atoms with Gasteiger partial charge in [0.2, 0.25) is 0 Å². The Labute approximate surface area is 59.5 Å². The van der Waals surface area contributed by atoms with Crippen molar-refractivity contribution in [2.75, 3.05) is 0 Å². The van der Waals surface area contributed by atoms with Crippen LogP contribution in [0.25, 0.3) is 0 Å². The van der Waals surface area contributed by atoms with Crippen LogP contribution in [0.3, 0.4) is 0 Å². The number of guanidine groups is 1. The number of carboxylic acids is 1. The lowest BCUT2D eigenvalue weighted by Gasteiger charge is -1.79. The minimum absolute atomic E-state index is 0.292. The van der Waals surface area contributed by atoms with E-state index in [1.54, 1.807) is 0 Å². The number of nitrogens with one attached hydrogen (secondary N) is 1. The smallest absolute Gasteiger partial charge is 0.303 e. The van der Waals surface area contributed by atoms with Crippen molar-refractivity contribution < 1.29 is 9.90 Å². The number of carboxylic acid groups (broad SMARTS) is 1.